The average Bonchev–Trinajstić information content (AvgIpc) is 2.85. The fraction of sp³-hybridized carbons (Fsp3) is 1.00. The first-order chi connectivity index (χ1) is 17.1. The van der Waals surface area contributed by atoms with Gasteiger partial charge in [-0.25, -0.2) is 0 Å². The van der Waals surface area contributed by atoms with Crippen molar-refractivity contribution in [3.05, 3.63) is 0 Å². The Labute approximate surface area is 253 Å². The Balaban J connectivity index is 3.87. The zero-order valence-electron chi connectivity index (χ0n) is 30.2. The molecule has 1 aliphatic rings. The lowest BCUT2D eigenvalue weighted by molar-refractivity contribution is -0.105. The first-order valence-corrected chi connectivity index (χ1v) is 26.9. The molecule has 0 aromatic carbocycles. The molecule has 0 aromatic rings. The molecule has 1 saturated carbocycles. The molecule has 0 unspecified atom stereocenters. The molecule has 0 spiro atoms. The molecule has 0 bridgehead atoms. The summed E-state index contributed by atoms with van der Waals surface area (Å²) < 4.78 is 28.2. The quantitative estimate of drug-likeness (QED) is 0.248. The number of hydrogen-bond acceptors (Lipinski definition) is 6. The van der Waals surface area contributed by atoms with Crippen LogP contribution in [0.25, 0.3) is 0 Å². The third kappa shape index (κ3) is 8.01. The summed E-state index contributed by atoms with van der Waals surface area (Å²) in [4.78, 5) is 0. The molecule has 0 aliphatic heterocycles. The van der Waals surface area contributed by atoms with Crippen LogP contribution in [0, 0.1) is 0 Å². The predicted molar refractivity (Wildman–Crippen MR) is 182 cm³/mol. The van der Waals surface area contributed by atoms with E-state index in [1.807, 2.05) is 0 Å². The molecule has 0 radical (unpaired) electrons. The summed E-state index contributed by atoms with van der Waals surface area (Å²) in [6.45, 7) is 44.8. The highest BCUT2D eigenvalue weighted by atomic mass is 28.4. The van der Waals surface area contributed by atoms with Crippen LogP contribution < -0.4 is 5.73 Å². The van der Waals surface area contributed by atoms with E-state index in [1.54, 1.807) is 0 Å². The molecule has 0 amide bonds. The van der Waals surface area contributed by atoms with Gasteiger partial charge in [0, 0.05) is 0 Å². The summed E-state index contributed by atoms with van der Waals surface area (Å²) in [5, 5.41) is 12.6. The van der Waals surface area contributed by atoms with Gasteiger partial charge in [0.05, 0.1) is 24.9 Å². The van der Waals surface area contributed by atoms with E-state index in [9.17, 15) is 5.11 Å². The minimum atomic E-state index is -2.36. The third-order valence-corrected chi connectivity index (χ3v) is 29.1. The first kappa shape index (κ1) is 38.7. The van der Waals surface area contributed by atoms with Crippen LogP contribution in [-0.4, -0.2) is 74.9 Å². The Morgan fingerprint density at radius 1 is 0.550 bits per heavy atom. The summed E-state index contributed by atoms with van der Waals surface area (Å²) in [6, 6.07) is -0.712. The van der Waals surface area contributed by atoms with Crippen LogP contribution in [-0.2, 0) is 17.7 Å². The molecule has 5 atom stereocenters. The first-order valence-electron chi connectivity index (χ1n) is 15.3. The molecule has 40 heavy (non-hydrogen) atoms. The number of nitrogens with two attached hydrogens (primary N) is 1. The Kier molecular flexibility index (Phi) is 11.1. The fourth-order valence-electron chi connectivity index (χ4n) is 3.79. The van der Waals surface area contributed by atoms with E-state index in [0.29, 0.717) is 0 Å². The highest BCUT2D eigenvalue weighted by Gasteiger charge is 2.65. The van der Waals surface area contributed by atoms with Crippen LogP contribution in [0.4, 0.5) is 0 Å². The molecule has 0 aromatic heterocycles. The second-order valence-electron chi connectivity index (χ2n) is 18.6. The summed E-state index contributed by atoms with van der Waals surface area (Å²) >= 11 is 0. The third-order valence-electron chi connectivity index (χ3n) is 11.2. The predicted octanol–water partition coefficient (Wildman–Crippen LogP) is 8.25. The second-order valence-corrected chi connectivity index (χ2v) is 37.6. The molecule has 240 valence electrons. The molecule has 0 saturated heterocycles. The van der Waals surface area contributed by atoms with Crippen molar-refractivity contribution in [3.8, 4) is 0 Å². The molecule has 3 N–H and O–H groups in total. The fourth-order valence-corrected chi connectivity index (χ4v) is 8.75. The van der Waals surface area contributed by atoms with Gasteiger partial charge in [-0.3, -0.25) is 0 Å². The SMILES string of the molecule is CC(C)(C)[Si](C)(C)OC[C@]1(O)[C@H](N)[C@H](O[Si](C)(C)C(C)(C)C)[C@@H](O[Si](C)(C)C(C)(C)C)[C@@H]1O[Si](C)(C)C(C)(C)C. The van der Waals surface area contributed by atoms with Gasteiger partial charge < -0.3 is 28.5 Å². The maximum absolute atomic E-state index is 12.8. The van der Waals surface area contributed by atoms with Gasteiger partial charge in [0.2, 0.25) is 0 Å². The highest BCUT2D eigenvalue weighted by Crippen LogP contribution is 2.49. The smallest absolute Gasteiger partial charge is 0.192 e. The normalized spacial score (nSPS) is 28.4. The van der Waals surface area contributed by atoms with Gasteiger partial charge in [-0.2, -0.15) is 0 Å². The van der Waals surface area contributed by atoms with Crippen molar-refractivity contribution in [1.29, 1.82) is 0 Å². The maximum atomic E-state index is 12.8. The topological polar surface area (TPSA) is 83.2 Å². The van der Waals surface area contributed by atoms with Gasteiger partial charge >= 0.3 is 0 Å². The summed E-state index contributed by atoms with van der Waals surface area (Å²) in [5.41, 5.74) is 5.68. The average molecular weight is 636 g/mol. The monoisotopic (exact) mass is 635 g/mol. The van der Waals surface area contributed by atoms with Gasteiger partial charge in [-0.1, -0.05) is 83.1 Å². The van der Waals surface area contributed by atoms with Crippen LogP contribution >= 0.6 is 0 Å². The summed E-state index contributed by atoms with van der Waals surface area (Å²) in [5.74, 6) is 0. The van der Waals surface area contributed by atoms with E-state index < -0.39 is 63.2 Å². The Morgan fingerprint density at radius 3 is 1.18 bits per heavy atom. The van der Waals surface area contributed by atoms with Gasteiger partial charge in [0.1, 0.15) is 11.7 Å². The molecule has 1 fully saturated rings. The van der Waals surface area contributed by atoms with E-state index in [2.05, 4.69) is 135 Å². The van der Waals surface area contributed by atoms with Gasteiger partial charge in [0.15, 0.2) is 33.3 Å². The second kappa shape index (κ2) is 11.5. The highest BCUT2D eigenvalue weighted by molar-refractivity contribution is 6.75. The van der Waals surface area contributed by atoms with Crippen molar-refractivity contribution in [3.63, 3.8) is 0 Å². The Hall–Kier alpha value is 0.628. The van der Waals surface area contributed by atoms with Crippen molar-refractivity contribution in [2.45, 2.75) is 186 Å². The summed E-state index contributed by atoms with van der Waals surface area (Å²) in [7, 11) is -9.14. The van der Waals surface area contributed by atoms with Crippen LogP contribution in [0.1, 0.15) is 83.1 Å². The molecule has 6 nitrogen and oxygen atoms in total. The van der Waals surface area contributed by atoms with Gasteiger partial charge in [-0.15, -0.1) is 0 Å². The van der Waals surface area contributed by atoms with E-state index in [-0.39, 0.29) is 26.8 Å². The number of aliphatic hydroxyl groups is 1. The van der Waals surface area contributed by atoms with Crippen LogP contribution in [0.2, 0.25) is 72.5 Å². The number of rotatable bonds is 9. The van der Waals surface area contributed by atoms with Crippen molar-refractivity contribution in [2.75, 3.05) is 6.61 Å². The lowest BCUT2D eigenvalue weighted by atomic mass is 9.97. The van der Waals surface area contributed by atoms with E-state index in [0.717, 1.165) is 0 Å². The van der Waals surface area contributed by atoms with E-state index in [1.165, 1.54) is 0 Å². The minimum absolute atomic E-state index is 0.00404. The Bertz CT molecular complexity index is 865. The van der Waals surface area contributed by atoms with Crippen molar-refractivity contribution < 1.29 is 22.8 Å². The lowest BCUT2D eigenvalue weighted by Gasteiger charge is -2.47. The molecule has 1 aliphatic carbocycles. The molecule has 1 rings (SSSR count). The van der Waals surface area contributed by atoms with Crippen molar-refractivity contribution in [1.82, 2.24) is 0 Å². The lowest BCUT2D eigenvalue weighted by Crippen LogP contribution is -2.62. The zero-order chi connectivity index (χ0) is 32.3. The van der Waals surface area contributed by atoms with Gasteiger partial charge in [0.25, 0.3) is 0 Å². The van der Waals surface area contributed by atoms with Crippen LogP contribution in [0.3, 0.4) is 0 Å². The van der Waals surface area contributed by atoms with Gasteiger partial charge in [-0.05, 0) is 72.5 Å². The molecule has 0 heterocycles. The largest absolute Gasteiger partial charge is 0.414 e. The van der Waals surface area contributed by atoms with E-state index in [4.69, 9.17) is 23.4 Å². The van der Waals surface area contributed by atoms with E-state index >= 15 is 0 Å². The van der Waals surface area contributed by atoms with Crippen LogP contribution in [0.5, 0.6) is 0 Å². The molecular formula is C30H69NO5Si4. The van der Waals surface area contributed by atoms with Crippen LogP contribution in [0.15, 0.2) is 0 Å². The number of hydrogen-bond donors (Lipinski definition) is 2. The summed E-state index contributed by atoms with van der Waals surface area (Å²) in [6.07, 6.45) is -1.65. The standard InChI is InChI=1S/C30H69NO5Si4/c1-26(2,3)37(13,14)33-21-30(32)24(31)22(34-38(15,16)27(4,5)6)23(35-39(17,18)28(7,8)9)25(30)36-40(19,20)29(10,11)12/h22-25,32H,21,31H2,1-20H3/t22-,23-,24-,25+,30+/m1/s1. The minimum Gasteiger partial charge on any atom is -0.414 e. The van der Waals surface area contributed by atoms with Crippen molar-refractivity contribution in [2.24, 2.45) is 5.73 Å². The Morgan fingerprint density at radius 2 is 0.850 bits per heavy atom. The zero-order valence-corrected chi connectivity index (χ0v) is 34.2. The maximum Gasteiger partial charge on any atom is 0.192 e. The molecule has 10 heteroatoms. The molecular weight excluding hydrogens is 567 g/mol. The van der Waals surface area contributed by atoms with Crippen molar-refractivity contribution >= 4 is 33.3 Å².